The van der Waals surface area contributed by atoms with Crippen LogP contribution < -0.4 is 0 Å². The van der Waals surface area contributed by atoms with Crippen molar-refractivity contribution in [2.45, 2.75) is 43.5 Å². The molecule has 2 aromatic carbocycles. The Labute approximate surface area is 168 Å². The molecule has 0 N–H and O–H groups in total. The average molecular weight is 401 g/mol. The Morgan fingerprint density at radius 3 is 2.41 bits per heavy atom. The fourth-order valence-electron chi connectivity index (χ4n) is 3.71. The lowest BCUT2D eigenvalue weighted by atomic mass is 9.95. The standard InChI is InChI=1S/C21H23NO7/c1-25-21-17(22(23)24)19(26-12-14-8-4-2-5-9-14)18-16(28-21)13-27-20(29-18)15-10-6-3-7-11-15/h2-11,16-21H,12-13H2,1H3/t16-,17-,18-,19-,20-,21-/m1/s1. The summed E-state index contributed by atoms with van der Waals surface area (Å²) in [4.78, 5) is 11.4. The van der Waals surface area contributed by atoms with Crippen LogP contribution in [-0.4, -0.2) is 49.3 Å². The maximum atomic E-state index is 11.9. The van der Waals surface area contributed by atoms with Gasteiger partial charge in [-0.1, -0.05) is 60.7 Å². The minimum Gasteiger partial charge on any atom is -0.363 e. The van der Waals surface area contributed by atoms with Crippen LogP contribution in [0, 0.1) is 10.1 Å². The lowest BCUT2D eigenvalue weighted by molar-refractivity contribution is -0.579. The Morgan fingerprint density at radius 1 is 1.07 bits per heavy atom. The van der Waals surface area contributed by atoms with Crippen molar-refractivity contribution in [2.24, 2.45) is 0 Å². The minimum atomic E-state index is -1.22. The topological polar surface area (TPSA) is 89.3 Å². The molecule has 0 unspecified atom stereocenters. The first-order chi connectivity index (χ1) is 14.2. The number of rotatable bonds is 6. The lowest BCUT2D eigenvalue weighted by Gasteiger charge is -2.45. The maximum absolute atomic E-state index is 11.9. The maximum Gasteiger partial charge on any atom is 0.291 e. The highest BCUT2D eigenvalue weighted by Crippen LogP contribution is 2.36. The number of nitrogens with zero attached hydrogens (tertiary/aromatic N) is 1. The molecule has 0 spiro atoms. The lowest BCUT2D eigenvalue weighted by Crippen LogP contribution is -2.64. The van der Waals surface area contributed by atoms with Crippen LogP contribution in [0.3, 0.4) is 0 Å². The molecule has 2 saturated heterocycles. The fourth-order valence-corrected chi connectivity index (χ4v) is 3.71. The van der Waals surface area contributed by atoms with E-state index in [1.54, 1.807) is 0 Å². The van der Waals surface area contributed by atoms with Gasteiger partial charge < -0.3 is 23.7 Å². The molecule has 2 aromatic rings. The zero-order valence-corrected chi connectivity index (χ0v) is 16.0. The zero-order valence-electron chi connectivity index (χ0n) is 16.0. The summed E-state index contributed by atoms with van der Waals surface area (Å²) in [6, 6.07) is 17.7. The van der Waals surface area contributed by atoms with Crippen LogP contribution in [0.5, 0.6) is 0 Å². The second-order valence-corrected chi connectivity index (χ2v) is 6.99. The van der Waals surface area contributed by atoms with Gasteiger partial charge in [-0.05, 0) is 5.56 Å². The van der Waals surface area contributed by atoms with Gasteiger partial charge in [0.1, 0.15) is 12.2 Å². The van der Waals surface area contributed by atoms with Crippen molar-refractivity contribution in [1.82, 2.24) is 0 Å². The SMILES string of the molecule is CO[C@@H]1O[C@@H]2CO[C@@H](c3ccccc3)O[C@H]2[C@H](OCc2ccccc2)[C@H]1[N+](=O)[O-]. The number of hydrogen-bond acceptors (Lipinski definition) is 7. The van der Waals surface area contributed by atoms with Crippen LogP contribution in [0.25, 0.3) is 0 Å². The monoisotopic (exact) mass is 401 g/mol. The normalized spacial score (nSPS) is 31.8. The molecule has 0 aliphatic carbocycles. The van der Waals surface area contributed by atoms with Crippen molar-refractivity contribution >= 4 is 0 Å². The van der Waals surface area contributed by atoms with Gasteiger partial charge in [-0.25, -0.2) is 0 Å². The number of ether oxygens (including phenoxy) is 5. The highest BCUT2D eigenvalue weighted by molar-refractivity contribution is 5.17. The molecule has 0 bridgehead atoms. The zero-order chi connectivity index (χ0) is 20.2. The quantitative estimate of drug-likeness (QED) is 0.543. The summed E-state index contributed by atoms with van der Waals surface area (Å²) in [5, 5.41) is 11.9. The molecular formula is C21H23NO7. The Balaban J connectivity index is 1.58. The third-order valence-electron chi connectivity index (χ3n) is 5.14. The van der Waals surface area contributed by atoms with E-state index in [0.29, 0.717) is 0 Å². The van der Waals surface area contributed by atoms with Crippen molar-refractivity contribution in [1.29, 1.82) is 0 Å². The van der Waals surface area contributed by atoms with E-state index in [2.05, 4.69) is 0 Å². The van der Waals surface area contributed by atoms with E-state index in [1.807, 2.05) is 60.7 Å². The molecule has 8 heteroatoms. The predicted octanol–water partition coefficient (Wildman–Crippen LogP) is 2.70. The fraction of sp³-hybridized carbons (Fsp3) is 0.429. The molecule has 0 aromatic heterocycles. The van der Waals surface area contributed by atoms with Gasteiger partial charge in [-0.2, -0.15) is 0 Å². The van der Waals surface area contributed by atoms with E-state index in [0.717, 1.165) is 11.1 Å². The van der Waals surface area contributed by atoms with E-state index in [-0.39, 0.29) is 13.2 Å². The van der Waals surface area contributed by atoms with Gasteiger partial charge in [0.2, 0.25) is 6.29 Å². The third kappa shape index (κ3) is 4.31. The van der Waals surface area contributed by atoms with E-state index < -0.39 is 41.9 Å². The van der Waals surface area contributed by atoms with Crippen LogP contribution >= 0.6 is 0 Å². The van der Waals surface area contributed by atoms with E-state index in [1.165, 1.54) is 7.11 Å². The number of fused-ring (bicyclic) bond motifs is 1. The van der Waals surface area contributed by atoms with Crippen molar-refractivity contribution < 1.29 is 28.6 Å². The van der Waals surface area contributed by atoms with Crippen molar-refractivity contribution in [3.8, 4) is 0 Å². The van der Waals surface area contributed by atoms with Crippen molar-refractivity contribution in [2.75, 3.05) is 13.7 Å². The smallest absolute Gasteiger partial charge is 0.291 e. The first-order valence-electron chi connectivity index (χ1n) is 9.46. The Kier molecular flexibility index (Phi) is 6.17. The van der Waals surface area contributed by atoms with Gasteiger partial charge in [-0.15, -0.1) is 0 Å². The molecule has 4 rings (SSSR count). The average Bonchev–Trinajstić information content (AvgIpc) is 2.77. The van der Waals surface area contributed by atoms with Gasteiger partial charge in [-0.3, -0.25) is 10.1 Å². The number of nitro groups is 1. The Bertz CT molecular complexity index is 803. The molecule has 29 heavy (non-hydrogen) atoms. The molecule has 0 radical (unpaired) electrons. The number of benzene rings is 2. The molecule has 0 saturated carbocycles. The van der Waals surface area contributed by atoms with Crippen LogP contribution in [0.15, 0.2) is 60.7 Å². The number of hydrogen-bond donors (Lipinski definition) is 0. The first-order valence-corrected chi connectivity index (χ1v) is 9.46. The summed E-state index contributed by atoms with van der Waals surface area (Å²) in [6.45, 7) is 0.440. The van der Waals surface area contributed by atoms with Gasteiger partial charge in [0.15, 0.2) is 12.4 Å². The van der Waals surface area contributed by atoms with Gasteiger partial charge >= 0.3 is 0 Å². The predicted molar refractivity (Wildman–Crippen MR) is 101 cm³/mol. The van der Waals surface area contributed by atoms with Crippen LogP contribution in [-0.2, 0) is 30.3 Å². The van der Waals surface area contributed by atoms with Crippen LogP contribution in [0.1, 0.15) is 17.4 Å². The van der Waals surface area contributed by atoms with E-state index in [4.69, 9.17) is 23.7 Å². The molecular weight excluding hydrogens is 378 g/mol. The number of methoxy groups -OCH3 is 1. The molecule has 0 amide bonds. The minimum absolute atomic E-state index is 0.218. The van der Waals surface area contributed by atoms with Crippen LogP contribution in [0.4, 0.5) is 0 Å². The molecule has 2 fully saturated rings. The summed E-state index contributed by atoms with van der Waals surface area (Å²) >= 11 is 0. The van der Waals surface area contributed by atoms with Gasteiger partial charge in [0.05, 0.1) is 13.2 Å². The first kappa shape index (κ1) is 19.9. The molecule has 8 nitrogen and oxygen atoms in total. The summed E-state index contributed by atoms with van der Waals surface area (Å²) < 4.78 is 29.0. The molecule has 2 aliphatic heterocycles. The van der Waals surface area contributed by atoms with Crippen molar-refractivity contribution in [3.05, 3.63) is 81.9 Å². The summed E-state index contributed by atoms with van der Waals surface area (Å²) in [7, 11) is 1.38. The highest BCUT2D eigenvalue weighted by Gasteiger charge is 2.56. The van der Waals surface area contributed by atoms with E-state index in [9.17, 15) is 10.1 Å². The van der Waals surface area contributed by atoms with Crippen LogP contribution in [0.2, 0.25) is 0 Å². The molecule has 6 atom stereocenters. The molecule has 2 aliphatic rings. The second-order valence-electron chi connectivity index (χ2n) is 6.99. The van der Waals surface area contributed by atoms with Gasteiger partial charge in [0.25, 0.3) is 6.04 Å². The summed E-state index contributed by atoms with van der Waals surface area (Å²) in [5.74, 6) is 0. The third-order valence-corrected chi connectivity index (χ3v) is 5.14. The molecule has 2 heterocycles. The largest absolute Gasteiger partial charge is 0.363 e. The summed E-state index contributed by atoms with van der Waals surface area (Å²) in [5.41, 5.74) is 1.75. The Hall–Kier alpha value is -2.36. The Morgan fingerprint density at radius 2 is 1.76 bits per heavy atom. The van der Waals surface area contributed by atoms with Gasteiger partial charge in [0, 0.05) is 17.6 Å². The highest BCUT2D eigenvalue weighted by atomic mass is 16.8. The molecule has 154 valence electrons. The summed E-state index contributed by atoms with van der Waals surface area (Å²) in [6.07, 6.45) is -3.75. The van der Waals surface area contributed by atoms with E-state index >= 15 is 0 Å². The second kappa shape index (κ2) is 8.98. The van der Waals surface area contributed by atoms with Crippen molar-refractivity contribution in [3.63, 3.8) is 0 Å².